The number of nitrogens with zero attached hydrogens (tertiary/aromatic N) is 1. The first kappa shape index (κ1) is 13.2. The molecule has 20 heavy (non-hydrogen) atoms. The van der Waals surface area contributed by atoms with Crippen molar-refractivity contribution in [1.82, 2.24) is 10.3 Å². The Hall–Kier alpha value is -1.81. The zero-order chi connectivity index (χ0) is 14.1. The molecule has 0 amide bonds. The number of aromatic amines is 1. The fraction of sp³-hybridized carbons (Fsp3) is 0.438. The fourth-order valence-electron chi connectivity index (χ4n) is 2.75. The number of anilines is 1. The molecule has 0 atom stereocenters. The second-order valence-corrected chi connectivity index (χ2v) is 5.72. The van der Waals surface area contributed by atoms with Crippen molar-refractivity contribution in [2.45, 2.75) is 19.8 Å². The molecule has 0 unspecified atom stereocenters. The van der Waals surface area contributed by atoms with E-state index in [0.717, 1.165) is 42.6 Å². The summed E-state index contributed by atoms with van der Waals surface area (Å²) in [6.07, 6.45) is 0. The summed E-state index contributed by atoms with van der Waals surface area (Å²) in [4.78, 5) is 17.5. The molecular formula is C16H21N3O. The van der Waals surface area contributed by atoms with Crippen molar-refractivity contribution in [1.29, 1.82) is 0 Å². The van der Waals surface area contributed by atoms with Crippen LogP contribution in [0, 0.1) is 0 Å². The second-order valence-electron chi connectivity index (χ2n) is 5.72. The molecule has 0 spiro atoms. The summed E-state index contributed by atoms with van der Waals surface area (Å²) >= 11 is 0. The first-order chi connectivity index (χ1) is 9.65. The van der Waals surface area contributed by atoms with Crippen LogP contribution in [0.15, 0.2) is 29.1 Å². The van der Waals surface area contributed by atoms with Crippen molar-refractivity contribution < 1.29 is 0 Å². The minimum atomic E-state index is 0.0324. The van der Waals surface area contributed by atoms with Gasteiger partial charge < -0.3 is 15.2 Å². The highest BCUT2D eigenvalue weighted by Gasteiger charge is 2.12. The van der Waals surface area contributed by atoms with E-state index in [4.69, 9.17) is 0 Å². The fourth-order valence-corrected chi connectivity index (χ4v) is 2.75. The topological polar surface area (TPSA) is 48.1 Å². The number of aromatic nitrogens is 1. The van der Waals surface area contributed by atoms with Crippen LogP contribution in [0.1, 0.15) is 25.3 Å². The highest BCUT2D eigenvalue weighted by Crippen LogP contribution is 2.22. The molecular weight excluding hydrogens is 250 g/mol. The number of fused-ring (bicyclic) bond motifs is 1. The summed E-state index contributed by atoms with van der Waals surface area (Å²) in [5, 5.41) is 4.46. The maximum Gasteiger partial charge on any atom is 0.251 e. The molecule has 0 bridgehead atoms. The lowest BCUT2D eigenvalue weighted by Crippen LogP contribution is -2.43. The number of rotatable bonds is 2. The van der Waals surface area contributed by atoms with Crippen molar-refractivity contribution in [3.63, 3.8) is 0 Å². The molecule has 4 nitrogen and oxygen atoms in total. The number of hydrogen-bond acceptors (Lipinski definition) is 3. The quantitative estimate of drug-likeness (QED) is 0.879. The van der Waals surface area contributed by atoms with E-state index >= 15 is 0 Å². The third-order valence-electron chi connectivity index (χ3n) is 3.96. The standard InChI is InChI=1S/C16H21N3O/c1-11(2)14-9-12-3-4-13(10-15(12)18-16(14)20)19-7-5-17-6-8-19/h3-4,9-11,17H,5-8H2,1-2H3,(H,18,20). The van der Waals surface area contributed by atoms with Crippen LogP contribution in [0.4, 0.5) is 5.69 Å². The minimum Gasteiger partial charge on any atom is -0.369 e. The molecule has 106 valence electrons. The minimum absolute atomic E-state index is 0.0324. The molecule has 4 heteroatoms. The van der Waals surface area contributed by atoms with Gasteiger partial charge >= 0.3 is 0 Å². The third kappa shape index (κ3) is 2.43. The van der Waals surface area contributed by atoms with Gasteiger partial charge in [0.15, 0.2) is 0 Å². The first-order valence-electron chi connectivity index (χ1n) is 7.28. The van der Waals surface area contributed by atoms with Gasteiger partial charge in [-0.05, 0) is 29.5 Å². The maximum atomic E-state index is 12.1. The van der Waals surface area contributed by atoms with E-state index in [2.05, 4.69) is 33.4 Å². The monoisotopic (exact) mass is 271 g/mol. The molecule has 2 heterocycles. The van der Waals surface area contributed by atoms with Gasteiger partial charge in [-0.3, -0.25) is 4.79 Å². The Labute approximate surface area is 118 Å². The van der Waals surface area contributed by atoms with E-state index in [-0.39, 0.29) is 11.5 Å². The molecule has 1 aromatic heterocycles. The lowest BCUT2D eigenvalue weighted by molar-refractivity contribution is 0.589. The van der Waals surface area contributed by atoms with Crippen molar-refractivity contribution in [3.8, 4) is 0 Å². The van der Waals surface area contributed by atoms with Crippen LogP contribution in [0.25, 0.3) is 10.9 Å². The van der Waals surface area contributed by atoms with Gasteiger partial charge in [0, 0.05) is 37.4 Å². The zero-order valence-corrected chi connectivity index (χ0v) is 12.1. The van der Waals surface area contributed by atoms with Crippen LogP contribution < -0.4 is 15.8 Å². The molecule has 2 aromatic rings. The van der Waals surface area contributed by atoms with Crippen molar-refractivity contribution in [2.24, 2.45) is 0 Å². The Bertz CT molecular complexity index is 669. The molecule has 1 aliphatic heterocycles. The SMILES string of the molecule is CC(C)c1cc2ccc(N3CCNCC3)cc2[nH]c1=O. The smallest absolute Gasteiger partial charge is 0.251 e. The molecule has 0 aliphatic carbocycles. The van der Waals surface area contributed by atoms with E-state index in [9.17, 15) is 4.79 Å². The van der Waals surface area contributed by atoms with Crippen molar-refractivity contribution in [2.75, 3.05) is 31.1 Å². The Kier molecular flexibility index (Phi) is 3.49. The van der Waals surface area contributed by atoms with Gasteiger partial charge in [-0.25, -0.2) is 0 Å². The third-order valence-corrected chi connectivity index (χ3v) is 3.96. The molecule has 2 N–H and O–H groups in total. The predicted octanol–water partition coefficient (Wildman–Crippen LogP) is 2.06. The number of benzene rings is 1. The lowest BCUT2D eigenvalue weighted by Gasteiger charge is -2.29. The van der Waals surface area contributed by atoms with Gasteiger partial charge in [0.25, 0.3) is 5.56 Å². The molecule has 1 aromatic carbocycles. The van der Waals surface area contributed by atoms with E-state index in [1.807, 2.05) is 19.9 Å². The largest absolute Gasteiger partial charge is 0.369 e. The normalized spacial score (nSPS) is 16.1. The Morgan fingerprint density at radius 2 is 1.90 bits per heavy atom. The van der Waals surface area contributed by atoms with Crippen LogP contribution in [0.3, 0.4) is 0 Å². The number of nitrogens with one attached hydrogen (secondary N) is 2. The summed E-state index contributed by atoms with van der Waals surface area (Å²) in [6.45, 7) is 8.15. The summed E-state index contributed by atoms with van der Waals surface area (Å²) < 4.78 is 0. The van der Waals surface area contributed by atoms with Crippen LogP contribution in [-0.2, 0) is 0 Å². The summed E-state index contributed by atoms with van der Waals surface area (Å²) in [5.74, 6) is 0.246. The van der Waals surface area contributed by atoms with Gasteiger partial charge in [-0.2, -0.15) is 0 Å². The number of H-pyrrole nitrogens is 1. The number of pyridine rings is 1. The van der Waals surface area contributed by atoms with E-state index < -0.39 is 0 Å². The molecule has 1 fully saturated rings. The highest BCUT2D eigenvalue weighted by molar-refractivity contribution is 5.83. The predicted molar refractivity (Wildman–Crippen MR) is 83.7 cm³/mol. The Morgan fingerprint density at radius 3 is 2.60 bits per heavy atom. The van der Waals surface area contributed by atoms with Gasteiger partial charge in [0.05, 0.1) is 5.52 Å². The van der Waals surface area contributed by atoms with Gasteiger partial charge in [0.2, 0.25) is 0 Å². The Morgan fingerprint density at radius 1 is 1.15 bits per heavy atom. The van der Waals surface area contributed by atoms with E-state index in [1.165, 1.54) is 5.69 Å². The van der Waals surface area contributed by atoms with Crippen LogP contribution >= 0.6 is 0 Å². The average molecular weight is 271 g/mol. The molecule has 0 saturated carbocycles. The molecule has 0 radical (unpaired) electrons. The van der Waals surface area contributed by atoms with E-state index in [1.54, 1.807) is 0 Å². The zero-order valence-electron chi connectivity index (χ0n) is 12.1. The molecule has 1 saturated heterocycles. The molecule has 3 rings (SSSR count). The molecule has 1 aliphatic rings. The van der Waals surface area contributed by atoms with Crippen LogP contribution in [0.2, 0.25) is 0 Å². The van der Waals surface area contributed by atoms with Crippen LogP contribution in [-0.4, -0.2) is 31.2 Å². The summed E-state index contributed by atoms with van der Waals surface area (Å²) in [7, 11) is 0. The second kappa shape index (κ2) is 5.29. The van der Waals surface area contributed by atoms with Gasteiger partial charge in [-0.15, -0.1) is 0 Å². The average Bonchev–Trinajstić information content (AvgIpc) is 2.46. The number of hydrogen-bond donors (Lipinski definition) is 2. The lowest BCUT2D eigenvalue weighted by atomic mass is 10.0. The van der Waals surface area contributed by atoms with Crippen LogP contribution in [0.5, 0.6) is 0 Å². The van der Waals surface area contributed by atoms with Gasteiger partial charge in [0.1, 0.15) is 0 Å². The van der Waals surface area contributed by atoms with E-state index in [0.29, 0.717) is 0 Å². The first-order valence-corrected chi connectivity index (χ1v) is 7.28. The number of piperazine rings is 1. The van der Waals surface area contributed by atoms with Gasteiger partial charge in [-0.1, -0.05) is 19.9 Å². The maximum absolute atomic E-state index is 12.1. The highest BCUT2D eigenvalue weighted by atomic mass is 16.1. The summed E-state index contributed by atoms with van der Waals surface area (Å²) in [5.41, 5.74) is 3.00. The summed E-state index contributed by atoms with van der Waals surface area (Å²) in [6, 6.07) is 8.36. The van der Waals surface area contributed by atoms with Crippen molar-refractivity contribution in [3.05, 3.63) is 40.2 Å². The van der Waals surface area contributed by atoms with Crippen molar-refractivity contribution >= 4 is 16.6 Å². The Balaban J connectivity index is 2.03.